The van der Waals surface area contributed by atoms with Gasteiger partial charge in [-0.25, -0.2) is 4.79 Å². The van der Waals surface area contributed by atoms with Crippen LogP contribution in [0.15, 0.2) is 36.5 Å². The van der Waals surface area contributed by atoms with Crippen LogP contribution in [-0.4, -0.2) is 143 Å². The van der Waals surface area contributed by atoms with Crippen LogP contribution in [0, 0.1) is 11.3 Å². The van der Waals surface area contributed by atoms with Gasteiger partial charge in [-0.2, -0.15) is 8.42 Å². The summed E-state index contributed by atoms with van der Waals surface area (Å²) >= 11 is 0. The summed E-state index contributed by atoms with van der Waals surface area (Å²) in [5.41, 5.74) is 0.381. The van der Waals surface area contributed by atoms with Gasteiger partial charge in [-0.15, -0.1) is 5.10 Å². The average Bonchev–Trinajstić information content (AvgIpc) is 3.81. The molecular formula is C40H55N7O16S. The van der Waals surface area contributed by atoms with Gasteiger partial charge < -0.3 is 45.9 Å². The van der Waals surface area contributed by atoms with Crippen molar-refractivity contribution >= 4 is 57.3 Å². The zero-order chi connectivity index (χ0) is 47.8. The van der Waals surface area contributed by atoms with Gasteiger partial charge in [-0.3, -0.25) is 42.9 Å². The number of aliphatic hydroxyl groups is 3. The first-order chi connectivity index (χ1) is 29.8. The van der Waals surface area contributed by atoms with E-state index in [2.05, 4.69) is 26.3 Å². The van der Waals surface area contributed by atoms with E-state index in [9.17, 15) is 62.4 Å². The van der Waals surface area contributed by atoms with E-state index in [1.54, 1.807) is 46.8 Å². The van der Waals surface area contributed by atoms with Crippen molar-refractivity contribution in [2.75, 3.05) is 11.1 Å². The molecule has 3 heterocycles. The van der Waals surface area contributed by atoms with Gasteiger partial charge in [0.25, 0.3) is 21.9 Å². The summed E-state index contributed by atoms with van der Waals surface area (Å²) in [4.78, 5) is 90.9. The second-order valence-electron chi connectivity index (χ2n) is 16.9. The molecule has 5 amide bonds. The number of rotatable bonds is 20. The second kappa shape index (κ2) is 21.3. The highest BCUT2D eigenvalue weighted by Crippen LogP contribution is 2.29. The normalized spacial score (nSPS) is 21.6. The lowest BCUT2D eigenvalue weighted by Crippen LogP contribution is -2.59. The molecule has 352 valence electrons. The quantitative estimate of drug-likeness (QED) is 0.0456. The number of nitrogens with zero attached hydrogens (tertiary/aromatic N) is 4. The lowest BCUT2D eigenvalue weighted by molar-refractivity contribution is -0.228. The van der Waals surface area contributed by atoms with Crippen molar-refractivity contribution in [3.05, 3.63) is 53.4 Å². The lowest BCUT2D eigenvalue weighted by atomic mass is 9.91. The first-order valence-electron chi connectivity index (χ1n) is 20.3. The molecule has 0 saturated carbocycles. The predicted molar refractivity (Wildman–Crippen MR) is 221 cm³/mol. The van der Waals surface area contributed by atoms with Crippen molar-refractivity contribution < 1.29 is 76.4 Å². The minimum atomic E-state index is -4.25. The number of ether oxygens (including phenoxy) is 2. The van der Waals surface area contributed by atoms with Crippen LogP contribution >= 0.6 is 0 Å². The summed E-state index contributed by atoms with van der Waals surface area (Å²) in [5.74, 6) is -6.84. The van der Waals surface area contributed by atoms with Crippen molar-refractivity contribution in [2.24, 2.45) is 11.3 Å². The number of nitrogens with one attached hydrogen (secondary N) is 3. The van der Waals surface area contributed by atoms with Crippen LogP contribution in [0.5, 0.6) is 0 Å². The molecule has 1 saturated heterocycles. The van der Waals surface area contributed by atoms with E-state index >= 15 is 0 Å². The Labute approximate surface area is 368 Å². The predicted octanol–water partition coefficient (Wildman–Crippen LogP) is -0.847. The van der Waals surface area contributed by atoms with E-state index in [1.807, 2.05) is 0 Å². The molecule has 0 aliphatic carbocycles. The number of aliphatic hydroxyl groups excluding tert-OH is 3. The van der Waals surface area contributed by atoms with Gasteiger partial charge in [0.15, 0.2) is 6.10 Å². The van der Waals surface area contributed by atoms with Crippen LogP contribution < -0.4 is 16.0 Å². The van der Waals surface area contributed by atoms with Crippen LogP contribution in [0.4, 0.5) is 5.69 Å². The molecule has 1 aromatic carbocycles. The smallest absolute Gasteiger partial charge is 0.335 e. The van der Waals surface area contributed by atoms with Crippen molar-refractivity contribution in [2.45, 2.75) is 129 Å². The average molecular weight is 922 g/mol. The van der Waals surface area contributed by atoms with Crippen molar-refractivity contribution in [1.82, 2.24) is 30.5 Å². The third-order valence-corrected chi connectivity index (χ3v) is 11.1. The number of amides is 5. The number of anilines is 1. The summed E-state index contributed by atoms with van der Waals surface area (Å²) in [6, 6.07) is 0.931. The Hall–Kier alpha value is -5.66. The molecule has 2 aliphatic rings. The number of carboxylic acids is 1. The number of aryl methyl sites for hydroxylation is 2. The number of carboxylic acid groups (broad SMARTS) is 1. The monoisotopic (exact) mass is 921 g/mol. The number of aliphatic carboxylic acids is 1. The number of hydrogen-bond acceptors (Lipinski definition) is 16. The molecule has 0 bridgehead atoms. The first-order valence-corrected chi connectivity index (χ1v) is 21.9. The van der Waals surface area contributed by atoms with E-state index in [-0.39, 0.29) is 43.8 Å². The first kappa shape index (κ1) is 51.0. The van der Waals surface area contributed by atoms with E-state index in [0.29, 0.717) is 11.1 Å². The maximum absolute atomic E-state index is 13.6. The van der Waals surface area contributed by atoms with Crippen LogP contribution in [0.1, 0.15) is 83.7 Å². The van der Waals surface area contributed by atoms with Crippen molar-refractivity contribution in [1.29, 1.82) is 0 Å². The van der Waals surface area contributed by atoms with Gasteiger partial charge in [0.2, 0.25) is 17.7 Å². The number of hydrogen-bond donors (Lipinski definition) is 8. The van der Waals surface area contributed by atoms with E-state index in [1.165, 1.54) is 23.9 Å². The van der Waals surface area contributed by atoms with E-state index < -0.39 is 124 Å². The summed E-state index contributed by atoms with van der Waals surface area (Å²) in [6.07, 6.45) is -5.65. The van der Waals surface area contributed by atoms with Gasteiger partial charge in [0.1, 0.15) is 42.7 Å². The molecule has 24 heteroatoms. The van der Waals surface area contributed by atoms with Crippen LogP contribution in [0.2, 0.25) is 0 Å². The van der Waals surface area contributed by atoms with Crippen LogP contribution in [0.3, 0.4) is 0 Å². The summed E-state index contributed by atoms with van der Waals surface area (Å²) in [7, 11) is -4.25. The second-order valence-corrected chi connectivity index (χ2v) is 18.5. The zero-order valence-corrected chi connectivity index (χ0v) is 36.9. The third-order valence-electron chi connectivity index (χ3n) is 10.3. The lowest BCUT2D eigenvalue weighted by Gasteiger charge is -2.39. The SMILES string of the molecule is CC(C)[C@H](NC(=O)C[C@H](c1cn(CCCS(=O)(=O)O)nn1)N1C(=O)C=CC1=O)C(=O)N[C@@H](C)C(=O)Nc1ccc(COC(=O)C(C)(C)C)c(CC[C@@H]2O[C@H](C(=O)O)[C@@H](O)[C@H](O)[C@H]2O)c1. The fraction of sp³-hybridized carbons (Fsp3) is 0.575. The Morgan fingerprint density at radius 2 is 1.59 bits per heavy atom. The zero-order valence-electron chi connectivity index (χ0n) is 36.0. The highest BCUT2D eigenvalue weighted by molar-refractivity contribution is 7.85. The highest BCUT2D eigenvalue weighted by Gasteiger charge is 2.46. The summed E-state index contributed by atoms with van der Waals surface area (Å²) < 4.78 is 43.4. The number of carbonyl (C=O) groups excluding carboxylic acids is 6. The van der Waals surface area contributed by atoms with Gasteiger partial charge in [0.05, 0.1) is 35.9 Å². The van der Waals surface area contributed by atoms with E-state index in [0.717, 1.165) is 17.1 Å². The molecule has 1 aromatic heterocycles. The fourth-order valence-electron chi connectivity index (χ4n) is 6.72. The minimum absolute atomic E-state index is 0.00985. The number of benzene rings is 1. The van der Waals surface area contributed by atoms with Crippen molar-refractivity contribution in [3.63, 3.8) is 0 Å². The Bertz CT molecular complexity index is 2200. The highest BCUT2D eigenvalue weighted by atomic mass is 32.2. The summed E-state index contributed by atoms with van der Waals surface area (Å²) in [6.45, 7) is 9.46. The number of carbonyl (C=O) groups is 7. The van der Waals surface area contributed by atoms with Crippen LogP contribution in [0.25, 0.3) is 0 Å². The third kappa shape index (κ3) is 13.7. The van der Waals surface area contributed by atoms with Gasteiger partial charge in [-0.05, 0) is 76.1 Å². The Morgan fingerprint density at radius 3 is 2.19 bits per heavy atom. The Morgan fingerprint density at radius 1 is 0.938 bits per heavy atom. The van der Waals surface area contributed by atoms with Gasteiger partial charge in [0, 0.05) is 24.4 Å². The van der Waals surface area contributed by atoms with Gasteiger partial charge >= 0.3 is 11.9 Å². The molecule has 0 unspecified atom stereocenters. The van der Waals surface area contributed by atoms with Crippen molar-refractivity contribution in [3.8, 4) is 0 Å². The molecule has 8 N–H and O–H groups in total. The molecule has 1 fully saturated rings. The molecule has 2 aromatic rings. The maximum Gasteiger partial charge on any atom is 0.335 e. The fourth-order valence-corrected chi connectivity index (χ4v) is 7.22. The summed E-state index contributed by atoms with van der Waals surface area (Å²) in [5, 5.41) is 56.1. The molecule has 4 rings (SSSR count). The Balaban J connectivity index is 1.45. The number of imide groups is 1. The molecule has 23 nitrogen and oxygen atoms in total. The Kier molecular flexibility index (Phi) is 17.0. The van der Waals surface area contributed by atoms with E-state index in [4.69, 9.17) is 14.0 Å². The molecular weight excluding hydrogens is 867 g/mol. The minimum Gasteiger partial charge on any atom is -0.479 e. The number of esters is 1. The maximum atomic E-state index is 13.6. The molecule has 64 heavy (non-hydrogen) atoms. The molecule has 0 spiro atoms. The molecule has 2 aliphatic heterocycles. The standard InChI is InChI=1S/C40H55N7O16S/c1-20(2)31(43-28(48)17-26(47-29(49)12-13-30(47)50)25-18-46(45-44-25)14-7-15-64(59,60)61)37(55)41-21(3)36(54)42-24-10-8-23(19-62-39(58)40(4,5)6)22(16-24)9-11-27-32(51)33(52)34(53)35(63-27)38(56)57/h8,10,12-13,16,18,20-21,26-27,31-35,51-53H,7,9,11,14-15,17,19H2,1-6H3,(H,41,55)(H,42,54)(H,43,48)(H,56,57)(H,59,60,61)/t21-,26+,27-,31-,32-,33+,34-,35-/m0/s1. The molecule has 0 radical (unpaired) electrons. The van der Waals surface area contributed by atoms with Gasteiger partial charge in [-0.1, -0.05) is 25.1 Å². The van der Waals surface area contributed by atoms with Crippen LogP contribution in [-0.2, 0) is 72.7 Å². The topological polar surface area (TPSA) is 343 Å². The number of aromatic nitrogens is 3. The molecule has 8 atom stereocenters. The largest absolute Gasteiger partial charge is 0.479 e.